The van der Waals surface area contributed by atoms with E-state index in [0.717, 1.165) is 0 Å². The largest absolute Gasteiger partial charge is 0.492 e. The maximum absolute atomic E-state index is 11.9. The van der Waals surface area contributed by atoms with Crippen molar-refractivity contribution in [3.63, 3.8) is 0 Å². The number of ether oxygens (including phenoxy) is 2. The Morgan fingerprint density at radius 2 is 2.12 bits per heavy atom. The van der Waals surface area contributed by atoms with Crippen molar-refractivity contribution in [1.29, 1.82) is 0 Å². The Labute approximate surface area is 147 Å². The number of esters is 1. The van der Waals surface area contributed by atoms with Crippen LogP contribution in [0.15, 0.2) is 18.2 Å². The monoisotopic (exact) mass is 350 g/mol. The van der Waals surface area contributed by atoms with E-state index in [1.165, 1.54) is 18.2 Å². The first-order valence-electron chi connectivity index (χ1n) is 7.89. The lowest BCUT2D eigenvalue weighted by Crippen LogP contribution is -2.41. The minimum Gasteiger partial charge on any atom is -0.492 e. The summed E-state index contributed by atoms with van der Waals surface area (Å²) in [4.78, 5) is 32.8. The topological polar surface area (TPSA) is 108 Å². The lowest BCUT2D eigenvalue weighted by molar-refractivity contribution is -0.384. The van der Waals surface area contributed by atoms with Crippen molar-refractivity contribution in [1.82, 2.24) is 5.23 Å². The molecule has 1 aromatic carbocycles. The van der Waals surface area contributed by atoms with Gasteiger partial charge in [-0.1, -0.05) is 0 Å². The molecule has 136 valence electrons. The quantitative estimate of drug-likeness (QED) is 0.236. The number of non-ortho nitro benzene ring substituents is 1. The van der Waals surface area contributed by atoms with Crippen LogP contribution in [0, 0.1) is 17.0 Å². The molecule has 25 heavy (non-hydrogen) atoms. The first-order valence-corrected chi connectivity index (χ1v) is 7.89. The number of hydrogen-bond donors (Lipinski definition) is 1. The number of carbonyl (C=O) groups excluding carboxylic acids is 2. The summed E-state index contributed by atoms with van der Waals surface area (Å²) < 4.78 is 10.9. The van der Waals surface area contributed by atoms with Crippen LogP contribution in [0.25, 0.3) is 0 Å². The maximum Gasteiger partial charge on any atom is 0.307 e. The van der Waals surface area contributed by atoms with E-state index in [1.54, 1.807) is 27.7 Å². The molecule has 8 nitrogen and oxygen atoms in total. The molecule has 1 atom stereocenters. The Kier molecular flexibility index (Phi) is 7.57. The molecule has 9 heteroatoms. The SMILES string of the molecule is Cc1cc([N+](=O)[O-])ccc1OC[C@@H](CC(=O)OC(C)(C)C)NBC=O. The van der Waals surface area contributed by atoms with Gasteiger partial charge in [-0.25, -0.2) is 0 Å². The standard InChI is InChI=1S/C16H23BN2O6/c1-11-7-13(19(22)23)5-6-14(11)24-9-12(18-17-10-20)8-15(21)25-16(2,3)4/h5-7,10,12,17-18H,8-9H2,1-4H3/t12-/m1/s1. The molecule has 0 aliphatic rings. The summed E-state index contributed by atoms with van der Waals surface area (Å²) in [5.41, 5.74) is -0.00269. The van der Waals surface area contributed by atoms with Gasteiger partial charge >= 0.3 is 5.97 Å². The van der Waals surface area contributed by atoms with Crippen molar-refractivity contribution in [3.8, 4) is 5.75 Å². The predicted octanol–water partition coefficient (Wildman–Crippen LogP) is 1.51. The molecule has 0 bridgehead atoms. The zero-order valence-electron chi connectivity index (χ0n) is 14.9. The average molecular weight is 350 g/mol. The molecule has 0 saturated heterocycles. The summed E-state index contributed by atoms with van der Waals surface area (Å²) in [5, 5.41) is 13.7. The number of hydrogen-bond acceptors (Lipinski definition) is 7. The van der Waals surface area contributed by atoms with Crippen molar-refractivity contribution in [2.45, 2.75) is 45.8 Å². The van der Waals surface area contributed by atoms with Crippen LogP contribution in [0.3, 0.4) is 0 Å². The predicted molar refractivity (Wildman–Crippen MR) is 94.6 cm³/mol. The van der Waals surface area contributed by atoms with Gasteiger partial charge in [0.15, 0.2) is 0 Å². The van der Waals surface area contributed by atoms with E-state index >= 15 is 0 Å². The van der Waals surface area contributed by atoms with Gasteiger partial charge in [-0.15, -0.1) is 0 Å². The highest BCUT2D eigenvalue weighted by molar-refractivity contribution is 6.64. The lowest BCUT2D eigenvalue weighted by atomic mass is 9.96. The van der Waals surface area contributed by atoms with Crippen LogP contribution in [-0.4, -0.2) is 42.7 Å². The van der Waals surface area contributed by atoms with Gasteiger partial charge in [0.1, 0.15) is 18.0 Å². The van der Waals surface area contributed by atoms with Gasteiger partial charge in [-0.2, -0.15) is 0 Å². The zero-order chi connectivity index (χ0) is 19.0. The molecule has 0 fully saturated rings. The van der Waals surface area contributed by atoms with E-state index in [1.807, 2.05) is 0 Å². The Morgan fingerprint density at radius 3 is 2.64 bits per heavy atom. The van der Waals surface area contributed by atoms with Crippen LogP contribution in [-0.2, 0) is 14.3 Å². The fraction of sp³-hybridized carbons (Fsp3) is 0.500. The van der Waals surface area contributed by atoms with Crippen molar-refractivity contribution in [2.24, 2.45) is 0 Å². The molecule has 0 amide bonds. The van der Waals surface area contributed by atoms with Crippen molar-refractivity contribution in [3.05, 3.63) is 33.9 Å². The average Bonchev–Trinajstić information content (AvgIpc) is 2.48. The third-order valence-electron chi connectivity index (χ3n) is 3.13. The van der Waals surface area contributed by atoms with Crippen molar-refractivity contribution in [2.75, 3.05) is 6.61 Å². The number of aryl methyl sites for hydroxylation is 1. The summed E-state index contributed by atoms with van der Waals surface area (Å²) >= 11 is 0. The van der Waals surface area contributed by atoms with Crippen LogP contribution < -0.4 is 9.96 Å². The van der Waals surface area contributed by atoms with Crippen LogP contribution >= 0.6 is 0 Å². The molecule has 0 unspecified atom stereocenters. The molecule has 1 N–H and O–H groups in total. The number of nitro groups is 1. The van der Waals surface area contributed by atoms with Crippen LogP contribution in [0.5, 0.6) is 5.75 Å². The number of nitro benzene ring substituents is 1. The number of nitrogens with one attached hydrogen (secondary N) is 1. The Bertz CT molecular complexity index is 630. The van der Waals surface area contributed by atoms with Gasteiger partial charge in [-0.05, 0) is 39.3 Å². The Morgan fingerprint density at radius 1 is 1.44 bits per heavy atom. The highest BCUT2D eigenvalue weighted by atomic mass is 16.6. The number of rotatable bonds is 9. The molecular formula is C16H23BN2O6. The van der Waals surface area contributed by atoms with E-state index in [9.17, 15) is 19.7 Å². The molecule has 0 aromatic heterocycles. The van der Waals surface area contributed by atoms with E-state index in [4.69, 9.17) is 9.47 Å². The first kappa shape index (κ1) is 20.6. The minimum atomic E-state index is -0.595. The highest BCUT2D eigenvalue weighted by Crippen LogP contribution is 2.23. The normalized spacial score (nSPS) is 12.2. The molecule has 1 aromatic rings. The summed E-state index contributed by atoms with van der Waals surface area (Å²) in [7, 11) is 0.0794. The molecule has 0 radical (unpaired) electrons. The maximum atomic E-state index is 11.9. The summed E-state index contributed by atoms with van der Waals surface area (Å²) in [6.07, 6.45) is 0.732. The summed E-state index contributed by atoms with van der Waals surface area (Å²) in [6.45, 7) is 7.14. The molecule has 0 aliphatic heterocycles. The van der Waals surface area contributed by atoms with E-state index in [2.05, 4.69) is 5.23 Å². The molecular weight excluding hydrogens is 327 g/mol. The second-order valence-electron chi connectivity index (χ2n) is 6.58. The summed E-state index contributed by atoms with van der Waals surface area (Å²) in [6, 6.07) is 3.85. The van der Waals surface area contributed by atoms with Gasteiger partial charge in [0.25, 0.3) is 13.1 Å². The fourth-order valence-corrected chi connectivity index (χ4v) is 2.09. The third-order valence-corrected chi connectivity index (χ3v) is 3.13. The van der Waals surface area contributed by atoms with Crippen LogP contribution in [0.2, 0.25) is 0 Å². The third kappa shape index (κ3) is 7.80. The Hall–Kier alpha value is -2.42. The highest BCUT2D eigenvalue weighted by Gasteiger charge is 2.21. The number of benzene rings is 1. The number of carbonyl (C=O) groups is 2. The van der Waals surface area contributed by atoms with Crippen LogP contribution in [0.1, 0.15) is 32.8 Å². The molecule has 0 aliphatic carbocycles. The van der Waals surface area contributed by atoms with Gasteiger partial charge in [-0.3, -0.25) is 14.9 Å². The summed E-state index contributed by atoms with van der Waals surface area (Å²) in [5.74, 6) is 0.0765. The van der Waals surface area contributed by atoms with Gasteiger partial charge in [0, 0.05) is 18.2 Å². The smallest absolute Gasteiger partial charge is 0.307 e. The van der Waals surface area contributed by atoms with E-state index in [0.29, 0.717) is 17.5 Å². The van der Waals surface area contributed by atoms with E-state index in [-0.39, 0.29) is 26.1 Å². The van der Waals surface area contributed by atoms with Gasteiger partial charge in [0.05, 0.1) is 17.5 Å². The van der Waals surface area contributed by atoms with Gasteiger partial charge < -0.3 is 19.5 Å². The second kappa shape index (κ2) is 9.17. The minimum absolute atomic E-state index is 0.0192. The fourth-order valence-electron chi connectivity index (χ4n) is 2.09. The van der Waals surface area contributed by atoms with Gasteiger partial charge in [0.2, 0.25) is 0 Å². The molecule has 1 rings (SSSR count). The molecule has 0 saturated carbocycles. The number of nitrogens with zero attached hydrogens (tertiary/aromatic N) is 1. The van der Waals surface area contributed by atoms with Crippen molar-refractivity contribution >= 4 is 25.3 Å². The van der Waals surface area contributed by atoms with Crippen molar-refractivity contribution < 1.29 is 24.0 Å². The molecule has 0 heterocycles. The zero-order valence-corrected chi connectivity index (χ0v) is 14.9. The Balaban J connectivity index is 2.70. The second-order valence-corrected chi connectivity index (χ2v) is 6.58. The van der Waals surface area contributed by atoms with Crippen LogP contribution in [0.4, 0.5) is 5.69 Å². The molecule has 0 spiro atoms. The first-order chi connectivity index (χ1) is 11.6. The van der Waals surface area contributed by atoms with E-state index < -0.39 is 22.5 Å². The lowest BCUT2D eigenvalue weighted by Gasteiger charge is -2.23.